The van der Waals surface area contributed by atoms with Gasteiger partial charge in [0.25, 0.3) is 0 Å². The number of aryl methyl sites for hydroxylation is 1. The summed E-state index contributed by atoms with van der Waals surface area (Å²) in [6.07, 6.45) is 0.586. The summed E-state index contributed by atoms with van der Waals surface area (Å²) in [7, 11) is 0. The van der Waals surface area contributed by atoms with E-state index in [0.717, 1.165) is 18.5 Å². The molecule has 1 unspecified atom stereocenters. The molecule has 0 aromatic heterocycles. The maximum Gasteiger partial charge on any atom is 0.0940 e. The van der Waals surface area contributed by atoms with E-state index in [-0.39, 0.29) is 6.04 Å². The first-order chi connectivity index (χ1) is 9.70. The number of aliphatic hydroxyl groups excluding tert-OH is 1. The Morgan fingerprint density at radius 1 is 0.950 bits per heavy atom. The lowest BCUT2D eigenvalue weighted by Gasteiger charge is -2.20. The van der Waals surface area contributed by atoms with E-state index < -0.39 is 6.10 Å². The molecule has 0 fully saturated rings. The van der Waals surface area contributed by atoms with Crippen LogP contribution in [0, 0.1) is 0 Å². The van der Waals surface area contributed by atoms with Crippen LogP contribution in [0.2, 0.25) is 0 Å². The Kier molecular flexibility index (Phi) is 5.33. The van der Waals surface area contributed by atoms with Crippen LogP contribution in [0.1, 0.15) is 36.6 Å². The lowest BCUT2D eigenvalue weighted by molar-refractivity contribution is 0.135. The fourth-order valence-electron chi connectivity index (χ4n) is 2.22. The van der Waals surface area contributed by atoms with E-state index in [1.54, 1.807) is 0 Å². The second-order valence-corrected chi connectivity index (χ2v) is 5.20. The molecule has 0 aliphatic rings. The zero-order valence-electron chi connectivity index (χ0n) is 12.2. The number of rotatable bonds is 6. The number of benzene rings is 2. The molecule has 2 nitrogen and oxygen atoms in total. The molecular weight excluding hydrogens is 246 g/mol. The number of hydrogen-bond donors (Lipinski definition) is 2. The van der Waals surface area contributed by atoms with Crippen molar-refractivity contribution in [2.45, 2.75) is 39.0 Å². The summed E-state index contributed by atoms with van der Waals surface area (Å²) in [4.78, 5) is 0. The van der Waals surface area contributed by atoms with Gasteiger partial charge >= 0.3 is 0 Å². The van der Waals surface area contributed by atoms with Crippen LogP contribution in [-0.4, -0.2) is 11.1 Å². The third-order valence-electron chi connectivity index (χ3n) is 3.67. The molecule has 2 aromatic rings. The van der Waals surface area contributed by atoms with Gasteiger partial charge in [-0.2, -0.15) is 0 Å². The second-order valence-electron chi connectivity index (χ2n) is 5.20. The molecule has 0 spiro atoms. The van der Waals surface area contributed by atoms with E-state index in [9.17, 15) is 5.11 Å². The third kappa shape index (κ3) is 3.92. The Labute approximate surface area is 121 Å². The standard InChI is InChI=1S/C18H23NO/c1-3-15-9-11-16(12-10-15)13-19-14(2)18(20)17-7-5-4-6-8-17/h4-12,14,18-20H,3,13H2,1-2H3/t14?,18-/m1/s1. The Hall–Kier alpha value is -1.64. The summed E-state index contributed by atoms with van der Waals surface area (Å²) >= 11 is 0. The van der Waals surface area contributed by atoms with Gasteiger partial charge in [-0.25, -0.2) is 0 Å². The molecule has 0 saturated carbocycles. The summed E-state index contributed by atoms with van der Waals surface area (Å²) in [6, 6.07) is 18.4. The summed E-state index contributed by atoms with van der Waals surface area (Å²) in [6.45, 7) is 4.94. The van der Waals surface area contributed by atoms with Crippen molar-refractivity contribution in [3.8, 4) is 0 Å². The highest BCUT2D eigenvalue weighted by atomic mass is 16.3. The van der Waals surface area contributed by atoms with Crippen LogP contribution >= 0.6 is 0 Å². The Morgan fingerprint density at radius 3 is 2.15 bits per heavy atom. The van der Waals surface area contributed by atoms with E-state index >= 15 is 0 Å². The fraction of sp³-hybridized carbons (Fsp3) is 0.333. The van der Waals surface area contributed by atoms with Crippen LogP contribution in [0.15, 0.2) is 54.6 Å². The highest BCUT2D eigenvalue weighted by molar-refractivity contribution is 5.23. The molecule has 0 heterocycles. The van der Waals surface area contributed by atoms with Crippen LogP contribution in [-0.2, 0) is 13.0 Å². The van der Waals surface area contributed by atoms with Crippen molar-refractivity contribution in [3.63, 3.8) is 0 Å². The fourth-order valence-corrected chi connectivity index (χ4v) is 2.22. The van der Waals surface area contributed by atoms with E-state index in [1.165, 1.54) is 11.1 Å². The summed E-state index contributed by atoms with van der Waals surface area (Å²) in [5.74, 6) is 0. The molecule has 0 bridgehead atoms. The van der Waals surface area contributed by atoms with Crippen molar-refractivity contribution in [3.05, 3.63) is 71.3 Å². The molecule has 0 saturated heterocycles. The molecular formula is C18H23NO. The van der Waals surface area contributed by atoms with Gasteiger partial charge in [0, 0.05) is 12.6 Å². The predicted octanol–water partition coefficient (Wildman–Crippen LogP) is 3.46. The van der Waals surface area contributed by atoms with Gasteiger partial charge in [0.2, 0.25) is 0 Å². The second kappa shape index (κ2) is 7.22. The topological polar surface area (TPSA) is 32.3 Å². The van der Waals surface area contributed by atoms with E-state index in [0.29, 0.717) is 0 Å². The lowest BCUT2D eigenvalue weighted by Crippen LogP contribution is -2.31. The van der Waals surface area contributed by atoms with Crippen LogP contribution in [0.5, 0.6) is 0 Å². The first kappa shape index (κ1) is 14.8. The highest BCUT2D eigenvalue weighted by Gasteiger charge is 2.15. The minimum absolute atomic E-state index is 0.0169. The number of nitrogens with one attached hydrogen (secondary N) is 1. The summed E-state index contributed by atoms with van der Waals surface area (Å²) < 4.78 is 0. The Bertz CT molecular complexity index is 507. The zero-order chi connectivity index (χ0) is 14.4. The third-order valence-corrected chi connectivity index (χ3v) is 3.67. The van der Waals surface area contributed by atoms with Gasteiger partial charge in [0.15, 0.2) is 0 Å². The van der Waals surface area contributed by atoms with Crippen LogP contribution in [0.3, 0.4) is 0 Å². The summed E-state index contributed by atoms with van der Waals surface area (Å²) in [5.41, 5.74) is 3.55. The maximum atomic E-state index is 10.3. The van der Waals surface area contributed by atoms with Crippen molar-refractivity contribution >= 4 is 0 Å². The SMILES string of the molecule is CCc1ccc(CNC(C)[C@@H](O)c2ccccc2)cc1. The molecule has 0 radical (unpaired) electrons. The molecule has 0 amide bonds. The van der Waals surface area contributed by atoms with Gasteiger partial charge in [-0.1, -0.05) is 61.5 Å². The molecule has 2 heteroatoms. The van der Waals surface area contributed by atoms with Gasteiger partial charge < -0.3 is 10.4 Å². The molecule has 2 atom stereocenters. The first-order valence-electron chi connectivity index (χ1n) is 7.25. The van der Waals surface area contributed by atoms with Gasteiger partial charge in [-0.3, -0.25) is 0 Å². The van der Waals surface area contributed by atoms with Crippen molar-refractivity contribution in [2.24, 2.45) is 0 Å². The predicted molar refractivity (Wildman–Crippen MR) is 83.5 cm³/mol. The summed E-state index contributed by atoms with van der Waals surface area (Å²) in [5, 5.41) is 13.7. The van der Waals surface area contributed by atoms with Crippen molar-refractivity contribution in [1.29, 1.82) is 0 Å². The molecule has 0 aliphatic heterocycles. The lowest BCUT2D eigenvalue weighted by atomic mass is 10.0. The minimum atomic E-state index is -0.480. The Morgan fingerprint density at radius 2 is 1.55 bits per heavy atom. The number of hydrogen-bond acceptors (Lipinski definition) is 2. The van der Waals surface area contributed by atoms with Crippen LogP contribution in [0.4, 0.5) is 0 Å². The quantitative estimate of drug-likeness (QED) is 0.841. The molecule has 2 aromatic carbocycles. The monoisotopic (exact) mass is 269 g/mol. The molecule has 20 heavy (non-hydrogen) atoms. The normalized spacial score (nSPS) is 13.9. The van der Waals surface area contributed by atoms with Gasteiger partial charge in [-0.05, 0) is 30.0 Å². The molecule has 0 aliphatic carbocycles. The van der Waals surface area contributed by atoms with Gasteiger partial charge in [0.05, 0.1) is 6.10 Å². The first-order valence-corrected chi connectivity index (χ1v) is 7.25. The van der Waals surface area contributed by atoms with E-state index in [2.05, 4.69) is 36.5 Å². The van der Waals surface area contributed by atoms with Crippen molar-refractivity contribution in [1.82, 2.24) is 5.32 Å². The highest BCUT2D eigenvalue weighted by Crippen LogP contribution is 2.16. The van der Waals surface area contributed by atoms with Crippen molar-refractivity contribution in [2.75, 3.05) is 0 Å². The molecule has 106 valence electrons. The molecule has 2 N–H and O–H groups in total. The number of aliphatic hydroxyl groups is 1. The average Bonchev–Trinajstić information content (AvgIpc) is 2.53. The Balaban J connectivity index is 1.89. The minimum Gasteiger partial charge on any atom is -0.387 e. The van der Waals surface area contributed by atoms with Crippen LogP contribution in [0.25, 0.3) is 0 Å². The van der Waals surface area contributed by atoms with Crippen LogP contribution < -0.4 is 5.32 Å². The van der Waals surface area contributed by atoms with Crippen molar-refractivity contribution < 1.29 is 5.11 Å². The molecule has 2 rings (SSSR count). The van der Waals surface area contributed by atoms with E-state index in [4.69, 9.17) is 0 Å². The largest absolute Gasteiger partial charge is 0.387 e. The maximum absolute atomic E-state index is 10.3. The van der Waals surface area contributed by atoms with E-state index in [1.807, 2.05) is 37.3 Å². The zero-order valence-corrected chi connectivity index (χ0v) is 12.2. The van der Waals surface area contributed by atoms with Gasteiger partial charge in [-0.15, -0.1) is 0 Å². The smallest absolute Gasteiger partial charge is 0.0940 e. The average molecular weight is 269 g/mol. The van der Waals surface area contributed by atoms with Gasteiger partial charge in [0.1, 0.15) is 0 Å².